The van der Waals surface area contributed by atoms with Gasteiger partial charge in [0.15, 0.2) is 5.96 Å². The quantitative estimate of drug-likeness (QED) is 0.369. The zero-order valence-electron chi connectivity index (χ0n) is 12.3. The van der Waals surface area contributed by atoms with Gasteiger partial charge in [0.1, 0.15) is 11.6 Å². The van der Waals surface area contributed by atoms with E-state index in [4.69, 9.17) is 11.5 Å². The summed E-state index contributed by atoms with van der Waals surface area (Å²) in [6, 6.07) is 1.81. The van der Waals surface area contributed by atoms with Crippen LogP contribution < -0.4 is 16.4 Å². The lowest BCUT2D eigenvalue weighted by atomic mass is 10.1. The second-order valence-corrected chi connectivity index (χ2v) is 5.18. The summed E-state index contributed by atoms with van der Waals surface area (Å²) in [5, 5.41) is 10.8. The molecule has 130 valence electrons. The number of nitrogens with two attached hydrogens (primary N) is 2. The van der Waals surface area contributed by atoms with Crippen LogP contribution in [0.15, 0.2) is 23.2 Å². The van der Waals surface area contributed by atoms with E-state index >= 15 is 0 Å². The molecule has 4 N–H and O–H groups in total. The highest BCUT2D eigenvalue weighted by Gasteiger charge is 2.40. The molecule has 1 amide bonds. The SMILES string of the molecule is NC(N)=NC(=O)[C@H]1CCCN1c1ccc([N+](=O)[O-])c(C(F)(F)F)c1. The highest BCUT2D eigenvalue weighted by Crippen LogP contribution is 2.39. The van der Waals surface area contributed by atoms with E-state index in [1.54, 1.807) is 0 Å². The number of nitrogens with zero attached hydrogens (tertiary/aromatic N) is 3. The molecule has 1 aliphatic rings. The molecule has 0 aromatic heterocycles. The van der Waals surface area contributed by atoms with Gasteiger partial charge in [-0.2, -0.15) is 18.2 Å². The normalized spacial score (nSPS) is 17.6. The van der Waals surface area contributed by atoms with Crippen LogP contribution in [0.2, 0.25) is 0 Å². The van der Waals surface area contributed by atoms with Gasteiger partial charge in [0.25, 0.3) is 11.6 Å². The largest absolute Gasteiger partial charge is 0.423 e. The van der Waals surface area contributed by atoms with Gasteiger partial charge in [-0.15, -0.1) is 0 Å². The van der Waals surface area contributed by atoms with Crippen molar-refractivity contribution in [2.24, 2.45) is 16.5 Å². The zero-order valence-corrected chi connectivity index (χ0v) is 12.3. The first-order chi connectivity index (χ1) is 11.1. The van der Waals surface area contributed by atoms with Crippen LogP contribution in [0.4, 0.5) is 24.5 Å². The Morgan fingerprint density at radius 3 is 2.58 bits per heavy atom. The molecule has 2 rings (SSSR count). The van der Waals surface area contributed by atoms with Crippen molar-refractivity contribution in [2.75, 3.05) is 11.4 Å². The topological polar surface area (TPSA) is 128 Å². The van der Waals surface area contributed by atoms with Crippen molar-refractivity contribution in [3.8, 4) is 0 Å². The number of nitro groups is 1. The Balaban J connectivity index is 2.43. The van der Waals surface area contributed by atoms with E-state index in [9.17, 15) is 28.1 Å². The summed E-state index contributed by atoms with van der Waals surface area (Å²) < 4.78 is 39.2. The van der Waals surface area contributed by atoms with Gasteiger partial charge in [-0.05, 0) is 25.0 Å². The Kier molecular flexibility index (Phi) is 4.62. The molecule has 0 bridgehead atoms. The second-order valence-electron chi connectivity index (χ2n) is 5.18. The predicted octanol–water partition coefficient (Wildman–Crippen LogP) is 1.38. The van der Waals surface area contributed by atoms with Crippen molar-refractivity contribution in [2.45, 2.75) is 25.1 Å². The molecule has 24 heavy (non-hydrogen) atoms. The van der Waals surface area contributed by atoms with Gasteiger partial charge in [0.2, 0.25) is 0 Å². The zero-order chi connectivity index (χ0) is 18.1. The minimum Gasteiger partial charge on any atom is -0.370 e. The van der Waals surface area contributed by atoms with Crippen molar-refractivity contribution >= 4 is 23.2 Å². The number of alkyl halides is 3. The standard InChI is InChI=1S/C13H14F3N5O3/c14-13(15,16)8-6-7(3-4-9(8)21(23)24)20-5-1-2-10(20)11(22)19-12(17)18/h3-4,6,10H,1-2,5H2,(H4,17,18,19,22)/t10-/m1/s1. The Labute approximate surface area is 134 Å². The van der Waals surface area contributed by atoms with E-state index in [1.165, 1.54) is 11.0 Å². The predicted molar refractivity (Wildman–Crippen MR) is 79.3 cm³/mol. The molecule has 0 saturated carbocycles. The van der Waals surface area contributed by atoms with Crippen molar-refractivity contribution in [1.29, 1.82) is 0 Å². The van der Waals surface area contributed by atoms with Crippen LogP contribution >= 0.6 is 0 Å². The average Bonchev–Trinajstić information content (AvgIpc) is 2.94. The molecule has 0 radical (unpaired) electrons. The number of amides is 1. The molecule has 1 aliphatic heterocycles. The highest BCUT2D eigenvalue weighted by atomic mass is 19.4. The summed E-state index contributed by atoms with van der Waals surface area (Å²) in [4.78, 5) is 26.5. The van der Waals surface area contributed by atoms with Gasteiger partial charge >= 0.3 is 6.18 Å². The summed E-state index contributed by atoms with van der Waals surface area (Å²) in [7, 11) is 0. The molecular formula is C13H14F3N5O3. The molecule has 11 heteroatoms. The van der Waals surface area contributed by atoms with Gasteiger partial charge in [-0.1, -0.05) is 0 Å². The Morgan fingerprint density at radius 1 is 1.38 bits per heavy atom. The van der Waals surface area contributed by atoms with Crippen LogP contribution in [0, 0.1) is 10.1 Å². The Morgan fingerprint density at radius 2 is 2.04 bits per heavy atom. The maximum Gasteiger partial charge on any atom is 0.423 e. The molecule has 1 fully saturated rings. The van der Waals surface area contributed by atoms with Gasteiger partial charge in [0, 0.05) is 18.3 Å². The molecule has 1 aromatic carbocycles. The minimum atomic E-state index is -4.89. The molecule has 0 unspecified atom stereocenters. The van der Waals surface area contributed by atoms with Crippen molar-refractivity contribution in [3.63, 3.8) is 0 Å². The lowest BCUT2D eigenvalue weighted by Crippen LogP contribution is -2.37. The number of hydrogen-bond donors (Lipinski definition) is 2. The van der Waals surface area contributed by atoms with Crippen LogP contribution in [-0.2, 0) is 11.0 Å². The second kappa shape index (κ2) is 6.34. The summed E-state index contributed by atoms with van der Waals surface area (Å²) >= 11 is 0. The van der Waals surface area contributed by atoms with Crippen LogP contribution in [0.3, 0.4) is 0 Å². The molecule has 8 nitrogen and oxygen atoms in total. The van der Waals surface area contributed by atoms with Crippen molar-refractivity contribution in [1.82, 2.24) is 0 Å². The summed E-state index contributed by atoms with van der Waals surface area (Å²) in [6.07, 6.45) is -3.97. The average molecular weight is 345 g/mol. The van der Waals surface area contributed by atoms with Crippen LogP contribution in [0.1, 0.15) is 18.4 Å². The van der Waals surface area contributed by atoms with Crippen LogP contribution in [-0.4, -0.2) is 29.4 Å². The van der Waals surface area contributed by atoms with E-state index in [-0.39, 0.29) is 5.69 Å². The van der Waals surface area contributed by atoms with Gasteiger partial charge in [-0.25, -0.2) is 0 Å². The number of nitro benzene ring substituents is 1. The van der Waals surface area contributed by atoms with Crippen LogP contribution in [0.25, 0.3) is 0 Å². The maximum absolute atomic E-state index is 13.1. The molecule has 1 aromatic rings. The third-order valence-corrected chi connectivity index (χ3v) is 3.59. The molecular weight excluding hydrogens is 331 g/mol. The van der Waals surface area contributed by atoms with Crippen LogP contribution in [0.5, 0.6) is 0 Å². The number of guanidine groups is 1. The third-order valence-electron chi connectivity index (χ3n) is 3.59. The number of halogens is 3. The number of anilines is 1. The summed E-state index contributed by atoms with van der Waals surface area (Å²) in [5.41, 5.74) is 7.92. The van der Waals surface area contributed by atoms with Crippen molar-refractivity contribution < 1.29 is 22.9 Å². The number of hydrogen-bond acceptors (Lipinski definition) is 4. The summed E-state index contributed by atoms with van der Waals surface area (Å²) in [6.45, 7) is 0.311. The first-order valence-corrected chi connectivity index (χ1v) is 6.87. The number of carbonyl (C=O) groups is 1. The monoisotopic (exact) mass is 345 g/mol. The fraction of sp³-hybridized carbons (Fsp3) is 0.385. The smallest absolute Gasteiger partial charge is 0.370 e. The van der Waals surface area contributed by atoms with E-state index in [1.807, 2.05) is 0 Å². The number of benzene rings is 1. The lowest BCUT2D eigenvalue weighted by Gasteiger charge is -2.25. The third kappa shape index (κ3) is 3.55. The van der Waals surface area contributed by atoms with E-state index in [0.717, 1.165) is 6.07 Å². The van der Waals surface area contributed by atoms with Gasteiger partial charge < -0.3 is 16.4 Å². The highest BCUT2D eigenvalue weighted by molar-refractivity contribution is 5.96. The minimum absolute atomic E-state index is 0.0505. The molecule has 0 aliphatic carbocycles. The first kappa shape index (κ1) is 17.5. The number of aliphatic imine (C=N–C) groups is 1. The Bertz CT molecular complexity index is 701. The number of rotatable bonds is 3. The van der Waals surface area contributed by atoms with E-state index in [2.05, 4.69) is 4.99 Å². The molecule has 1 heterocycles. The fourth-order valence-electron chi connectivity index (χ4n) is 2.62. The fourth-order valence-corrected chi connectivity index (χ4v) is 2.62. The van der Waals surface area contributed by atoms with E-state index in [0.29, 0.717) is 25.5 Å². The van der Waals surface area contributed by atoms with Crippen molar-refractivity contribution in [3.05, 3.63) is 33.9 Å². The van der Waals surface area contributed by atoms with Gasteiger partial charge in [-0.3, -0.25) is 14.9 Å². The molecule has 1 atom stereocenters. The molecule has 1 saturated heterocycles. The molecule has 0 spiro atoms. The first-order valence-electron chi connectivity index (χ1n) is 6.87. The van der Waals surface area contributed by atoms with Gasteiger partial charge in [0.05, 0.1) is 4.92 Å². The van der Waals surface area contributed by atoms with E-state index < -0.39 is 40.3 Å². The maximum atomic E-state index is 13.1. The summed E-state index contributed by atoms with van der Waals surface area (Å²) in [5.74, 6) is -1.11. The number of carbonyl (C=O) groups excluding carboxylic acids is 1. The Hall–Kier alpha value is -2.85. The lowest BCUT2D eigenvalue weighted by molar-refractivity contribution is -0.388.